The molecular formula is C9H12N4O2. The van der Waals surface area contributed by atoms with Gasteiger partial charge in [0.1, 0.15) is 0 Å². The molecule has 0 saturated carbocycles. The molecule has 0 spiro atoms. The molecule has 0 aliphatic heterocycles. The summed E-state index contributed by atoms with van der Waals surface area (Å²) in [5, 5.41) is 0. The Balaban J connectivity index is 2.63. The lowest BCUT2D eigenvalue weighted by molar-refractivity contribution is 0.625. The molecule has 0 amide bonds. The normalized spacial score (nSPS) is 11.0. The molecule has 0 aromatic carbocycles. The average molecular weight is 208 g/mol. The Hall–Kier alpha value is -1.85. The van der Waals surface area contributed by atoms with Crippen LogP contribution in [0.3, 0.4) is 0 Å². The summed E-state index contributed by atoms with van der Waals surface area (Å²) in [6.07, 6.45) is 3.18. The summed E-state index contributed by atoms with van der Waals surface area (Å²) in [4.78, 5) is 31.8. The molecule has 0 aliphatic rings. The lowest BCUT2D eigenvalue weighted by Gasteiger charge is -1.99. The van der Waals surface area contributed by atoms with E-state index in [0.29, 0.717) is 12.2 Å². The van der Waals surface area contributed by atoms with Crippen LogP contribution >= 0.6 is 0 Å². The fourth-order valence-electron chi connectivity index (χ4n) is 1.50. The number of H-pyrrole nitrogens is 2. The van der Waals surface area contributed by atoms with Crippen molar-refractivity contribution in [3.05, 3.63) is 27.2 Å². The second-order valence-electron chi connectivity index (χ2n) is 3.37. The third kappa shape index (κ3) is 1.58. The second-order valence-corrected chi connectivity index (χ2v) is 3.37. The van der Waals surface area contributed by atoms with Crippen molar-refractivity contribution in [3.8, 4) is 0 Å². The van der Waals surface area contributed by atoms with E-state index in [1.54, 1.807) is 0 Å². The molecule has 2 aromatic rings. The van der Waals surface area contributed by atoms with E-state index in [0.717, 1.165) is 12.8 Å². The summed E-state index contributed by atoms with van der Waals surface area (Å²) in [6, 6.07) is 0. The van der Waals surface area contributed by atoms with Crippen LogP contribution in [-0.4, -0.2) is 19.5 Å². The minimum absolute atomic E-state index is 0.249. The van der Waals surface area contributed by atoms with E-state index in [1.807, 2.05) is 6.92 Å². The number of fused-ring (bicyclic) bond motifs is 1. The van der Waals surface area contributed by atoms with Gasteiger partial charge in [0, 0.05) is 6.54 Å². The first kappa shape index (κ1) is 9.70. The highest BCUT2D eigenvalue weighted by atomic mass is 16.1. The molecule has 0 bridgehead atoms. The van der Waals surface area contributed by atoms with Crippen molar-refractivity contribution in [1.82, 2.24) is 19.5 Å². The Morgan fingerprint density at radius 3 is 3.00 bits per heavy atom. The van der Waals surface area contributed by atoms with Gasteiger partial charge in [-0.1, -0.05) is 13.3 Å². The summed E-state index contributed by atoms with van der Waals surface area (Å²) in [5.41, 5.74) is 0.0887. The number of nitrogens with zero attached hydrogens (tertiary/aromatic N) is 2. The number of aromatic amines is 2. The van der Waals surface area contributed by atoms with Crippen LogP contribution in [0.1, 0.15) is 19.8 Å². The average Bonchev–Trinajstić information content (AvgIpc) is 2.54. The Kier molecular flexibility index (Phi) is 2.40. The standard InChI is InChI=1S/C9H12N4O2/c1-2-3-4-13-7-6(12-9(13)15)8(14)11-5-10-7/h5H,2-4H2,1H3,(H,12,15)(H,10,11,14). The van der Waals surface area contributed by atoms with Gasteiger partial charge in [0.05, 0.1) is 6.33 Å². The number of aryl methyl sites for hydroxylation is 1. The van der Waals surface area contributed by atoms with Crippen LogP contribution in [0.25, 0.3) is 11.2 Å². The Labute approximate surface area is 85.0 Å². The largest absolute Gasteiger partial charge is 0.327 e. The van der Waals surface area contributed by atoms with Crippen LogP contribution < -0.4 is 11.2 Å². The summed E-state index contributed by atoms with van der Waals surface area (Å²) in [6.45, 7) is 2.63. The van der Waals surface area contributed by atoms with Gasteiger partial charge in [0.25, 0.3) is 5.56 Å². The van der Waals surface area contributed by atoms with E-state index in [9.17, 15) is 9.59 Å². The van der Waals surface area contributed by atoms with Crippen LogP contribution in [0, 0.1) is 0 Å². The minimum atomic E-state index is -0.313. The van der Waals surface area contributed by atoms with Gasteiger partial charge < -0.3 is 4.98 Å². The number of nitrogens with one attached hydrogen (secondary N) is 2. The zero-order valence-electron chi connectivity index (χ0n) is 8.41. The van der Waals surface area contributed by atoms with Gasteiger partial charge in [-0.2, -0.15) is 0 Å². The minimum Gasteiger partial charge on any atom is -0.311 e. The highest BCUT2D eigenvalue weighted by Gasteiger charge is 2.09. The number of hydrogen-bond acceptors (Lipinski definition) is 3. The van der Waals surface area contributed by atoms with Crippen LogP contribution in [0.4, 0.5) is 0 Å². The van der Waals surface area contributed by atoms with Crippen molar-refractivity contribution in [2.75, 3.05) is 0 Å². The molecular weight excluding hydrogens is 196 g/mol. The Morgan fingerprint density at radius 1 is 1.47 bits per heavy atom. The predicted octanol–water partition coefficient (Wildman–Crippen LogP) is 0.213. The zero-order chi connectivity index (χ0) is 10.8. The molecule has 0 unspecified atom stereocenters. The third-order valence-corrected chi connectivity index (χ3v) is 2.30. The quantitative estimate of drug-likeness (QED) is 0.756. The Bertz CT molecular complexity index is 578. The summed E-state index contributed by atoms with van der Waals surface area (Å²) >= 11 is 0. The molecule has 2 rings (SSSR count). The number of rotatable bonds is 3. The van der Waals surface area contributed by atoms with Crippen molar-refractivity contribution in [2.24, 2.45) is 0 Å². The fourth-order valence-corrected chi connectivity index (χ4v) is 1.50. The van der Waals surface area contributed by atoms with Gasteiger partial charge in [-0.3, -0.25) is 14.3 Å². The Morgan fingerprint density at radius 2 is 2.27 bits per heavy atom. The van der Waals surface area contributed by atoms with Gasteiger partial charge >= 0.3 is 5.69 Å². The van der Waals surface area contributed by atoms with Crippen LogP contribution in [0.15, 0.2) is 15.9 Å². The molecule has 6 heteroatoms. The van der Waals surface area contributed by atoms with Gasteiger partial charge in [0.15, 0.2) is 11.2 Å². The molecule has 0 aliphatic carbocycles. The SMILES string of the molecule is CCCCn1c(=O)[nH]c2c(=O)[nH]cnc21. The maximum Gasteiger partial charge on any atom is 0.327 e. The molecule has 2 heterocycles. The summed E-state index contributed by atoms with van der Waals surface area (Å²) in [5.74, 6) is 0. The molecule has 15 heavy (non-hydrogen) atoms. The van der Waals surface area contributed by atoms with E-state index in [-0.39, 0.29) is 16.8 Å². The maximum absolute atomic E-state index is 11.5. The molecule has 0 fully saturated rings. The summed E-state index contributed by atoms with van der Waals surface area (Å²) < 4.78 is 1.49. The molecule has 80 valence electrons. The number of unbranched alkanes of at least 4 members (excludes halogenated alkanes) is 1. The van der Waals surface area contributed by atoms with E-state index in [2.05, 4.69) is 15.0 Å². The second kappa shape index (κ2) is 3.72. The van der Waals surface area contributed by atoms with E-state index >= 15 is 0 Å². The van der Waals surface area contributed by atoms with Gasteiger partial charge in [-0.05, 0) is 6.42 Å². The maximum atomic E-state index is 11.5. The van der Waals surface area contributed by atoms with Gasteiger partial charge in [-0.15, -0.1) is 0 Å². The molecule has 0 radical (unpaired) electrons. The summed E-state index contributed by atoms with van der Waals surface area (Å²) in [7, 11) is 0. The van der Waals surface area contributed by atoms with Crippen LogP contribution in [0.2, 0.25) is 0 Å². The third-order valence-electron chi connectivity index (χ3n) is 2.30. The zero-order valence-corrected chi connectivity index (χ0v) is 8.41. The van der Waals surface area contributed by atoms with Crippen molar-refractivity contribution in [2.45, 2.75) is 26.3 Å². The molecule has 2 N–H and O–H groups in total. The van der Waals surface area contributed by atoms with Crippen molar-refractivity contribution in [1.29, 1.82) is 0 Å². The first-order chi connectivity index (χ1) is 7.24. The molecule has 0 atom stereocenters. The van der Waals surface area contributed by atoms with E-state index < -0.39 is 0 Å². The van der Waals surface area contributed by atoms with Crippen molar-refractivity contribution >= 4 is 11.2 Å². The highest BCUT2D eigenvalue weighted by molar-refractivity contribution is 5.68. The van der Waals surface area contributed by atoms with Crippen molar-refractivity contribution < 1.29 is 0 Å². The monoisotopic (exact) mass is 208 g/mol. The van der Waals surface area contributed by atoms with Gasteiger partial charge in [-0.25, -0.2) is 9.78 Å². The molecule has 2 aromatic heterocycles. The highest BCUT2D eigenvalue weighted by Crippen LogP contribution is 2.01. The topological polar surface area (TPSA) is 83.5 Å². The first-order valence-corrected chi connectivity index (χ1v) is 4.90. The first-order valence-electron chi connectivity index (χ1n) is 4.90. The number of imidazole rings is 1. The smallest absolute Gasteiger partial charge is 0.311 e. The number of aromatic nitrogens is 4. The predicted molar refractivity (Wildman–Crippen MR) is 55.9 cm³/mol. The van der Waals surface area contributed by atoms with E-state index in [4.69, 9.17) is 0 Å². The molecule has 0 saturated heterocycles. The van der Waals surface area contributed by atoms with E-state index in [1.165, 1.54) is 10.9 Å². The number of hydrogen-bond donors (Lipinski definition) is 2. The fraction of sp³-hybridized carbons (Fsp3) is 0.444. The van der Waals surface area contributed by atoms with Crippen LogP contribution in [0.5, 0.6) is 0 Å². The van der Waals surface area contributed by atoms with Crippen LogP contribution in [-0.2, 0) is 6.54 Å². The lowest BCUT2D eigenvalue weighted by atomic mass is 10.3. The van der Waals surface area contributed by atoms with Gasteiger partial charge in [0.2, 0.25) is 0 Å². The lowest BCUT2D eigenvalue weighted by Crippen LogP contribution is -2.16. The molecule has 6 nitrogen and oxygen atoms in total. The van der Waals surface area contributed by atoms with Crippen molar-refractivity contribution in [3.63, 3.8) is 0 Å².